The van der Waals surface area contributed by atoms with E-state index in [4.69, 9.17) is 4.74 Å². The normalized spacial score (nSPS) is 18.4. The summed E-state index contributed by atoms with van der Waals surface area (Å²) in [6.45, 7) is 4.03. The molecule has 1 atom stereocenters. The van der Waals surface area contributed by atoms with Gasteiger partial charge in [0, 0.05) is 24.1 Å². The Kier molecular flexibility index (Phi) is 5.21. The number of nitro groups is 1. The van der Waals surface area contributed by atoms with Gasteiger partial charge in [0.1, 0.15) is 11.4 Å². The molecule has 0 amide bonds. The molecule has 0 saturated carbocycles. The number of sulfonamides is 1. The maximum absolute atomic E-state index is 12.9. The lowest BCUT2D eigenvalue weighted by Gasteiger charge is -2.41. The van der Waals surface area contributed by atoms with Crippen LogP contribution in [0.1, 0.15) is 44.7 Å². The Bertz CT molecular complexity index is 954. The lowest BCUT2D eigenvalue weighted by atomic mass is 9.84. The van der Waals surface area contributed by atoms with Crippen LogP contribution in [0, 0.1) is 10.1 Å². The zero-order chi connectivity index (χ0) is 19.7. The number of ether oxygens (including phenoxy) is 1. The summed E-state index contributed by atoms with van der Waals surface area (Å²) >= 11 is 0. The highest BCUT2D eigenvalue weighted by Gasteiger charge is 2.40. The van der Waals surface area contributed by atoms with E-state index in [0.29, 0.717) is 12.2 Å². The summed E-state index contributed by atoms with van der Waals surface area (Å²) in [5, 5.41) is 11.0. The van der Waals surface area contributed by atoms with Crippen molar-refractivity contribution in [3.8, 4) is 5.75 Å². The van der Waals surface area contributed by atoms with Crippen LogP contribution < -0.4 is 9.46 Å². The number of non-ortho nitro benzene ring substituents is 1. The van der Waals surface area contributed by atoms with E-state index in [9.17, 15) is 18.5 Å². The Hall–Kier alpha value is -2.45. The number of nitrogens with zero attached hydrogens (tertiary/aromatic N) is 1. The summed E-state index contributed by atoms with van der Waals surface area (Å²) in [5.74, 6) is 0.666. The van der Waals surface area contributed by atoms with Crippen molar-refractivity contribution in [2.45, 2.75) is 49.6 Å². The molecule has 1 N–H and O–H groups in total. The first kappa shape index (κ1) is 19.3. The molecular weight excluding hydrogens is 368 g/mol. The van der Waals surface area contributed by atoms with E-state index in [0.717, 1.165) is 24.5 Å². The molecule has 1 aliphatic heterocycles. The molecule has 8 heteroatoms. The van der Waals surface area contributed by atoms with Gasteiger partial charge in [0.15, 0.2) is 0 Å². The quantitative estimate of drug-likeness (QED) is 0.595. The van der Waals surface area contributed by atoms with Crippen molar-refractivity contribution in [2.24, 2.45) is 0 Å². The van der Waals surface area contributed by atoms with Crippen LogP contribution in [0.4, 0.5) is 5.69 Å². The Morgan fingerprint density at radius 2 is 1.89 bits per heavy atom. The van der Waals surface area contributed by atoms with Gasteiger partial charge < -0.3 is 4.74 Å². The molecule has 0 aromatic heterocycles. The van der Waals surface area contributed by atoms with Crippen molar-refractivity contribution in [3.63, 3.8) is 0 Å². The van der Waals surface area contributed by atoms with Crippen molar-refractivity contribution in [1.29, 1.82) is 0 Å². The highest BCUT2D eigenvalue weighted by Crippen LogP contribution is 2.43. The zero-order valence-electron chi connectivity index (χ0n) is 15.2. The maximum atomic E-state index is 12.9. The minimum atomic E-state index is -3.94. The average molecular weight is 390 g/mol. The molecule has 2 aromatic carbocycles. The van der Waals surface area contributed by atoms with Crippen LogP contribution in [0.15, 0.2) is 53.4 Å². The van der Waals surface area contributed by atoms with Crippen LogP contribution in [0.3, 0.4) is 0 Å². The predicted octanol–water partition coefficient (Wildman–Crippen LogP) is 3.96. The van der Waals surface area contributed by atoms with Gasteiger partial charge in [-0.1, -0.05) is 38.1 Å². The van der Waals surface area contributed by atoms with E-state index < -0.39 is 26.6 Å². The molecule has 0 fully saturated rings. The second-order valence-corrected chi connectivity index (χ2v) is 8.38. The van der Waals surface area contributed by atoms with Crippen LogP contribution in [0.5, 0.6) is 5.75 Å². The minimum absolute atomic E-state index is 0.126. The van der Waals surface area contributed by atoms with E-state index in [-0.39, 0.29) is 10.6 Å². The lowest BCUT2D eigenvalue weighted by molar-refractivity contribution is -0.385. The Labute approximate surface area is 158 Å². The topological polar surface area (TPSA) is 98.5 Å². The van der Waals surface area contributed by atoms with E-state index in [1.54, 1.807) is 0 Å². The number of hydrogen-bond donors (Lipinski definition) is 1. The van der Waals surface area contributed by atoms with E-state index in [1.165, 1.54) is 18.2 Å². The summed E-state index contributed by atoms with van der Waals surface area (Å²) in [6, 6.07) is 11.9. The molecule has 0 spiro atoms. The van der Waals surface area contributed by atoms with Crippen LogP contribution >= 0.6 is 0 Å². The minimum Gasteiger partial charge on any atom is -0.487 e. The fourth-order valence-electron chi connectivity index (χ4n) is 3.43. The van der Waals surface area contributed by atoms with Crippen molar-refractivity contribution in [3.05, 3.63) is 64.2 Å². The fraction of sp³-hybridized carbons (Fsp3) is 0.368. The molecule has 27 heavy (non-hydrogen) atoms. The summed E-state index contributed by atoms with van der Waals surface area (Å²) in [6.07, 6.45) is 1.98. The van der Waals surface area contributed by atoms with Gasteiger partial charge >= 0.3 is 0 Å². The molecule has 1 heterocycles. The van der Waals surface area contributed by atoms with Gasteiger partial charge in [0.2, 0.25) is 10.0 Å². The zero-order valence-corrected chi connectivity index (χ0v) is 16.0. The van der Waals surface area contributed by atoms with Crippen LogP contribution in [-0.2, 0) is 10.0 Å². The van der Waals surface area contributed by atoms with Gasteiger partial charge in [-0.05, 0) is 25.0 Å². The van der Waals surface area contributed by atoms with Gasteiger partial charge in [0.05, 0.1) is 15.9 Å². The number of benzene rings is 2. The smallest absolute Gasteiger partial charge is 0.270 e. The molecule has 1 unspecified atom stereocenters. The number of hydrogen-bond acceptors (Lipinski definition) is 5. The maximum Gasteiger partial charge on any atom is 0.270 e. The molecule has 3 rings (SSSR count). The number of para-hydroxylation sites is 1. The third-order valence-electron chi connectivity index (χ3n) is 5.12. The highest BCUT2D eigenvalue weighted by molar-refractivity contribution is 7.89. The van der Waals surface area contributed by atoms with Gasteiger partial charge in [-0.2, -0.15) is 0 Å². The van der Waals surface area contributed by atoms with Crippen LogP contribution in [0.2, 0.25) is 0 Å². The van der Waals surface area contributed by atoms with Crippen molar-refractivity contribution < 1.29 is 18.1 Å². The number of rotatable bonds is 6. The van der Waals surface area contributed by atoms with E-state index in [1.807, 2.05) is 38.1 Å². The van der Waals surface area contributed by atoms with E-state index >= 15 is 0 Å². The molecule has 0 saturated heterocycles. The third kappa shape index (κ3) is 3.81. The largest absolute Gasteiger partial charge is 0.487 e. The second-order valence-electron chi connectivity index (χ2n) is 6.66. The first-order valence-corrected chi connectivity index (χ1v) is 10.3. The number of nitro benzene ring substituents is 1. The molecular formula is C19H22N2O5S. The fourth-order valence-corrected chi connectivity index (χ4v) is 4.68. The van der Waals surface area contributed by atoms with Crippen molar-refractivity contribution in [2.75, 3.05) is 0 Å². The SMILES string of the molecule is CCC1(CC)CC(NS(=O)(=O)c2cccc([N+](=O)[O-])c2)c2ccccc2O1. The third-order valence-corrected chi connectivity index (χ3v) is 6.59. The summed E-state index contributed by atoms with van der Waals surface area (Å²) in [7, 11) is -3.94. The van der Waals surface area contributed by atoms with Crippen LogP contribution in [0.25, 0.3) is 0 Å². The Balaban J connectivity index is 1.98. The predicted molar refractivity (Wildman–Crippen MR) is 101 cm³/mol. The summed E-state index contributed by atoms with van der Waals surface area (Å²) in [4.78, 5) is 10.2. The second kappa shape index (κ2) is 7.28. The Morgan fingerprint density at radius 1 is 1.19 bits per heavy atom. The van der Waals surface area contributed by atoms with Crippen LogP contribution in [-0.4, -0.2) is 18.9 Å². The van der Waals surface area contributed by atoms with Crippen molar-refractivity contribution >= 4 is 15.7 Å². The molecule has 2 aromatic rings. The van der Waals surface area contributed by atoms with E-state index in [2.05, 4.69) is 4.72 Å². The average Bonchev–Trinajstić information content (AvgIpc) is 2.67. The first-order chi connectivity index (χ1) is 12.8. The van der Waals surface area contributed by atoms with Gasteiger partial charge in [-0.15, -0.1) is 0 Å². The molecule has 0 aliphatic carbocycles. The molecule has 0 bridgehead atoms. The number of fused-ring (bicyclic) bond motifs is 1. The highest BCUT2D eigenvalue weighted by atomic mass is 32.2. The van der Waals surface area contributed by atoms with Gasteiger partial charge in [0.25, 0.3) is 5.69 Å². The number of nitrogens with one attached hydrogen (secondary N) is 1. The Morgan fingerprint density at radius 3 is 2.56 bits per heavy atom. The molecule has 1 aliphatic rings. The van der Waals surface area contributed by atoms with Gasteiger partial charge in [-0.25, -0.2) is 13.1 Å². The molecule has 7 nitrogen and oxygen atoms in total. The first-order valence-electron chi connectivity index (χ1n) is 8.85. The molecule has 144 valence electrons. The van der Waals surface area contributed by atoms with Gasteiger partial charge in [-0.3, -0.25) is 10.1 Å². The molecule has 0 radical (unpaired) electrons. The summed E-state index contributed by atoms with van der Waals surface area (Å²) in [5.41, 5.74) is 0.0512. The standard InChI is InChI=1S/C19H22N2O5S/c1-3-19(4-2)13-17(16-10-5-6-11-18(16)26-19)20-27(24,25)15-9-7-8-14(12-15)21(22)23/h5-12,17,20H,3-4,13H2,1-2H3. The lowest BCUT2D eigenvalue weighted by Crippen LogP contribution is -2.44. The monoisotopic (exact) mass is 390 g/mol. The summed E-state index contributed by atoms with van der Waals surface area (Å²) < 4.78 is 34.7. The van der Waals surface area contributed by atoms with Crippen molar-refractivity contribution in [1.82, 2.24) is 4.72 Å².